The number of benzene rings is 1. The fraction of sp³-hybridized carbons (Fsp3) is 0.125. The molecule has 2 N–H and O–H groups in total. The minimum Gasteiger partial charge on any atom is -0.487 e. The molecule has 0 bridgehead atoms. The Kier molecular flexibility index (Phi) is 3.31. The monoisotopic (exact) mass is 281 g/mol. The summed E-state index contributed by atoms with van der Waals surface area (Å²) in [6.45, 7) is 2.35. The van der Waals surface area contributed by atoms with Crippen LogP contribution in [0.15, 0.2) is 48.8 Å². The zero-order chi connectivity index (χ0) is 14.8. The van der Waals surface area contributed by atoms with Gasteiger partial charge in [-0.2, -0.15) is 0 Å². The Morgan fingerprint density at radius 3 is 2.95 bits per heavy atom. The Morgan fingerprint density at radius 2 is 2.19 bits per heavy atom. The summed E-state index contributed by atoms with van der Waals surface area (Å²) in [6, 6.07) is 10.8. The van der Waals surface area contributed by atoms with Crippen LogP contribution in [0.2, 0.25) is 0 Å². The first-order valence-electron chi connectivity index (χ1n) is 6.59. The van der Waals surface area contributed by atoms with Crippen molar-refractivity contribution in [2.75, 3.05) is 0 Å². The number of hydrogen-bond donors (Lipinski definition) is 1. The second-order valence-corrected chi connectivity index (χ2v) is 4.84. The number of ether oxygens (including phenoxy) is 1. The van der Waals surface area contributed by atoms with E-state index in [-0.39, 0.29) is 0 Å². The first kappa shape index (κ1) is 13.2. The van der Waals surface area contributed by atoms with Gasteiger partial charge in [0, 0.05) is 18.0 Å². The molecule has 0 aliphatic carbocycles. The zero-order valence-corrected chi connectivity index (χ0v) is 11.6. The van der Waals surface area contributed by atoms with Crippen LogP contribution in [0.25, 0.3) is 5.65 Å². The van der Waals surface area contributed by atoms with Crippen LogP contribution in [0.3, 0.4) is 0 Å². The number of primary amides is 1. The molecular formula is C16H15N3O2. The lowest BCUT2D eigenvalue weighted by Gasteiger charge is -2.04. The molecule has 0 aliphatic rings. The predicted molar refractivity (Wildman–Crippen MR) is 79.2 cm³/mol. The molecule has 3 aromatic rings. The number of pyridine rings is 1. The van der Waals surface area contributed by atoms with E-state index in [4.69, 9.17) is 10.5 Å². The third kappa shape index (κ3) is 2.72. The van der Waals surface area contributed by atoms with Crippen LogP contribution in [0.4, 0.5) is 0 Å². The third-order valence-corrected chi connectivity index (χ3v) is 3.23. The van der Waals surface area contributed by atoms with Gasteiger partial charge in [-0.05, 0) is 36.8 Å². The van der Waals surface area contributed by atoms with Gasteiger partial charge in [-0.15, -0.1) is 0 Å². The number of aromatic nitrogens is 2. The summed E-state index contributed by atoms with van der Waals surface area (Å²) >= 11 is 0. The molecule has 1 aromatic carbocycles. The van der Waals surface area contributed by atoms with Crippen molar-refractivity contribution >= 4 is 11.6 Å². The molecule has 3 rings (SSSR count). The van der Waals surface area contributed by atoms with E-state index in [1.54, 1.807) is 24.3 Å². The predicted octanol–water partition coefficient (Wildman–Crippen LogP) is 2.32. The molecule has 0 saturated heterocycles. The maximum atomic E-state index is 11.1. The quantitative estimate of drug-likeness (QED) is 0.798. The lowest BCUT2D eigenvalue weighted by atomic mass is 10.2. The van der Waals surface area contributed by atoms with Gasteiger partial charge in [-0.3, -0.25) is 4.79 Å². The number of aryl methyl sites for hydroxylation is 1. The molecule has 2 aromatic heterocycles. The number of fused-ring (bicyclic) bond motifs is 1. The molecule has 1 amide bonds. The van der Waals surface area contributed by atoms with Gasteiger partial charge >= 0.3 is 0 Å². The van der Waals surface area contributed by atoms with Crippen LogP contribution in [-0.4, -0.2) is 15.3 Å². The van der Waals surface area contributed by atoms with Crippen molar-refractivity contribution in [3.63, 3.8) is 0 Å². The largest absolute Gasteiger partial charge is 0.487 e. The van der Waals surface area contributed by atoms with E-state index in [9.17, 15) is 4.79 Å². The number of carbonyl (C=O) groups is 1. The van der Waals surface area contributed by atoms with Crippen molar-refractivity contribution < 1.29 is 9.53 Å². The Bertz CT molecular complexity index is 808. The highest BCUT2D eigenvalue weighted by molar-refractivity contribution is 5.93. The molecule has 106 valence electrons. The van der Waals surface area contributed by atoms with Crippen LogP contribution >= 0.6 is 0 Å². The van der Waals surface area contributed by atoms with Gasteiger partial charge in [0.1, 0.15) is 18.0 Å². The lowest BCUT2D eigenvalue weighted by Crippen LogP contribution is -2.10. The van der Waals surface area contributed by atoms with Gasteiger partial charge in [0.2, 0.25) is 5.91 Å². The zero-order valence-electron chi connectivity index (χ0n) is 11.6. The number of nitrogens with zero attached hydrogens (tertiary/aromatic N) is 2. The molecule has 5 nitrogen and oxygen atoms in total. The van der Waals surface area contributed by atoms with Crippen LogP contribution < -0.4 is 10.5 Å². The Labute approximate surface area is 122 Å². The molecule has 0 saturated carbocycles. The first-order valence-corrected chi connectivity index (χ1v) is 6.59. The van der Waals surface area contributed by atoms with E-state index >= 15 is 0 Å². The van der Waals surface area contributed by atoms with Crippen LogP contribution in [-0.2, 0) is 6.61 Å². The van der Waals surface area contributed by atoms with Gasteiger partial charge < -0.3 is 14.9 Å². The first-order chi connectivity index (χ1) is 10.1. The van der Waals surface area contributed by atoms with Crippen molar-refractivity contribution in [3.05, 3.63) is 65.6 Å². The SMILES string of the molecule is Cc1cccn2cc(COc3cccc(C(N)=O)c3)nc12. The average molecular weight is 281 g/mol. The van der Waals surface area contributed by atoms with E-state index in [0.29, 0.717) is 17.9 Å². The topological polar surface area (TPSA) is 69.6 Å². The Hall–Kier alpha value is -2.82. The summed E-state index contributed by atoms with van der Waals surface area (Å²) in [6.07, 6.45) is 3.88. The second kappa shape index (κ2) is 5.28. The van der Waals surface area contributed by atoms with Crippen LogP contribution in [0, 0.1) is 6.92 Å². The molecule has 5 heteroatoms. The highest BCUT2D eigenvalue weighted by atomic mass is 16.5. The van der Waals surface area contributed by atoms with Crippen molar-refractivity contribution in [2.45, 2.75) is 13.5 Å². The van der Waals surface area contributed by atoms with E-state index in [1.807, 2.05) is 35.9 Å². The molecular weight excluding hydrogens is 266 g/mol. The van der Waals surface area contributed by atoms with Crippen molar-refractivity contribution in [1.82, 2.24) is 9.38 Å². The molecule has 0 radical (unpaired) electrons. The molecule has 0 fully saturated rings. The number of hydrogen-bond acceptors (Lipinski definition) is 3. The van der Waals surface area contributed by atoms with Crippen molar-refractivity contribution in [3.8, 4) is 5.75 Å². The molecule has 0 aliphatic heterocycles. The minimum atomic E-state index is -0.469. The van der Waals surface area contributed by atoms with Gasteiger partial charge in [-0.1, -0.05) is 12.1 Å². The summed E-state index contributed by atoms with van der Waals surface area (Å²) in [5.74, 6) is 0.129. The lowest BCUT2D eigenvalue weighted by molar-refractivity contribution is 0.1000. The molecule has 2 heterocycles. The fourth-order valence-corrected chi connectivity index (χ4v) is 2.17. The van der Waals surface area contributed by atoms with Crippen molar-refractivity contribution in [1.29, 1.82) is 0 Å². The van der Waals surface area contributed by atoms with E-state index < -0.39 is 5.91 Å². The summed E-state index contributed by atoms with van der Waals surface area (Å²) in [5.41, 5.74) is 8.53. The standard InChI is InChI=1S/C16H15N3O2/c1-11-4-3-7-19-9-13(18-16(11)19)10-21-14-6-2-5-12(8-14)15(17)20/h2-9H,10H2,1H3,(H2,17,20). The number of carbonyl (C=O) groups excluding carboxylic acids is 1. The summed E-state index contributed by atoms with van der Waals surface area (Å²) < 4.78 is 7.63. The highest BCUT2D eigenvalue weighted by Crippen LogP contribution is 2.16. The third-order valence-electron chi connectivity index (χ3n) is 3.23. The summed E-state index contributed by atoms with van der Waals surface area (Å²) in [7, 11) is 0. The molecule has 0 unspecified atom stereocenters. The number of rotatable bonds is 4. The van der Waals surface area contributed by atoms with Gasteiger partial charge in [-0.25, -0.2) is 4.98 Å². The maximum Gasteiger partial charge on any atom is 0.248 e. The number of nitrogens with two attached hydrogens (primary N) is 1. The fourth-order valence-electron chi connectivity index (χ4n) is 2.17. The van der Waals surface area contributed by atoms with Crippen LogP contribution in [0.1, 0.15) is 21.6 Å². The molecule has 0 spiro atoms. The maximum absolute atomic E-state index is 11.1. The van der Waals surface area contributed by atoms with Gasteiger partial charge in [0.15, 0.2) is 0 Å². The molecule has 0 atom stereocenters. The van der Waals surface area contributed by atoms with Crippen molar-refractivity contribution in [2.24, 2.45) is 5.73 Å². The summed E-state index contributed by atoms with van der Waals surface area (Å²) in [5, 5.41) is 0. The highest BCUT2D eigenvalue weighted by Gasteiger charge is 2.06. The Balaban J connectivity index is 1.78. The van der Waals surface area contributed by atoms with E-state index in [0.717, 1.165) is 16.9 Å². The number of imidazole rings is 1. The van der Waals surface area contributed by atoms with Crippen LogP contribution in [0.5, 0.6) is 5.75 Å². The normalized spacial score (nSPS) is 10.7. The van der Waals surface area contributed by atoms with E-state index in [2.05, 4.69) is 4.98 Å². The van der Waals surface area contributed by atoms with Gasteiger partial charge in [0.25, 0.3) is 0 Å². The average Bonchev–Trinajstić information content (AvgIpc) is 2.90. The Morgan fingerprint density at radius 1 is 1.33 bits per heavy atom. The van der Waals surface area contributed by atoms with E-state index in [1.165, 1.54) is 0 Å². The van der Waals surface area contributed by atoms with Gasteiger partial charge in [0.05, 0.1) is 5.69 Å². The second-order valence-electron chi connectivity index (χ2n) is 4.84. The summed E-state index contributed by atoms with van der Waals surface area (Å²) in [4.78, 5) is 15.7. The number of amides is 1. The smallest absolute Gasteiger partial charge is 0.248 e. The minimum absolute atomic E-state index is 0.337. The molecule has 21 heavy (non-hydrogen) atoms.